The number of nitriles is 1. The molecule has 0 aliphatic carbocycles. The van der Waals surface area contributed by atoms with Gasteiger partial charge in [-0.15, -0.1) is 0 Å². The summed E-state index contributed by atoms with van der Waals surface area (Å²) in [7, 11) is 0. The lowest BCUT2D eigenvalue weighted by molar-refractivity contribution is 0.100. The lowest BCUT2D eigenvalue weighted by Crippen LogP contribution is -2.10. The first kappa shape index (κ1) is 12.6. The Balaban J connectivity index is 2.49. The minimum Gasteiger partial charge on any atom is -0.366 e. The van der Waals surface area contributed by atoms with Crippen LogP contribution in [0.1, 0.15) is 15.9 Å². The van der Waals surface area contributed by atoms with Crippen LogP contribution < -0.4 is 5.73 Å². The Hall–Kier alpha value is -1.87. The molecule has 18 heavy (non-hydrogen) atoms. The van der Waals surface area contributed by atoms with Crippen molar-refractivity contribution in [1.82, 2.24) is 0 Å². The second kappa shape index (κ2) is 5.19. The minimum atomic E-state index is -0.443. The van der Waals surface area contributed by atoms with Crippen molar-refractivity contribution in [2.45, 2.75) is 0 Å². The zero-order valence-electron chi connectivity index (χ0n) is 9.35. The molecule has 0 unspecified atom stereocenters. The Labute approximate surface area is 118 Å². The number of carbonyl (C=O) groups excluding carboxylic acids is 1. The van der Waals surface area contributed by atoms with Crippen LogP contribution in [0.15, 0.2) is 42.5 Å². The van der Waals surface area contributed by atoms with Gasteiger partial charge in [0, 0.05) is 9.13 Å². The van der Waals surface area contributed by atoms with E-state index >= 15 is 0 Å². The Bertz CT molecular complexity index is 642. The lowest BCUT2D eigenvalue weighted by atomic mass is 10.0. The summed E-state index contributed by atoms with van der Waals surface area (Å²) in [6, 6.07) is 14.7. The number of carbonyl (C=O) groups is 1. The second-order valence-corrected chi connectivity index (χ2v) is 4.91. The number of benzene rings is 2. The molecule has 3 nitrogen and oxygen atoms in total. The predicted molar refractivity (Wildman–Crippen MR) is 77.8 cm³/mol. The summed E-state index contributed by atoms with van der Waals surface area (Å²) < 4.78 is 1.05. The number of amides is 1. The summed E-state index contributed by atoms with van der Waals surface area (Å²) in [6.07, 6.45) is 0. The number of hydrogen-bond donors (Lipinski definition) is 1. The summed E-state index contributed by atoms with van der Waals surface area (Å²) in [4.78, 5) is 11.0. The molecule has 2 aromatic rings. The van der Waals surface area contributed by atoms with Crippen molar-refractivity contribution in [1.29, 1.82) is 5.26 Å². The van der Waals surface area contributed by atoms with E-state index in [4.69, 9.17) is 11.0 Å². The summed E-state index contributed by atoms with van der Waals surface area (Å²) in [6.45, 7) is 0. The molecule has 1 amide bonds. The molecule has 88 valence electrons. The third-order valence-electron chi connectivity index (χ3n) is 2.58. The monoisotopic (exact) mass is 348 g/mol. The van der Waals surface area contributed by atoms with Crippen molar-refractivity contribution in [2.75, 3.05) is 0 Å². The molecule has 0 aliphatic heterocycles. The normalized spacial score (nSPS) is 9.78. The predicted octanol–water partition coefficient (Wildman–Crippen LogP) is 2.93. The molecule has 4 heteroatoms. The zero-order chi connectivity index (χ0) is 13.1. The molecule has 0 saturated carbocycles. The minimum absolute atomic E-state index is 0.443. The quantitative estimate of drug-likeness (QED) is 0.848. The van der Waals surface area contributed by atoms with E-state index in [-0.39, 0.29) is 0 Å². The molecule has 0 heterocycles. The average molecular weight is 348 g/mol. The number of hydrogen-bond acceptors (Lipinski definition) is 2. The molecular formula is C14H9IN2O. The fourth-order valence-corrected chi connectivity index (χ4v) is 2.28. The van der Waals surface area contributed by atoms with Crippen LogP contribution in [0.2, 0.25) is 0 Å². The lowest BCUT2D eigenvalue weighted by Gasteiger charge is -2.06. The highest BCUT2D eigenvalue weighted by atomic mass is 127. The van der Waals surface area contributed by atoms with E-state index in [2.05, 4.69) is 28.7 Å². The highest BCUT2D eigenvalue weighted by molar-refractivity contribution is 14.1. The van der Waals surface area contributed by atoms with Crippen LogP contribution in [-0.4, -0.2) is 5.91 Å². The van der Waals surface area contributed by atoms with Gasteiger partial charge in [-0.1, -0.05) is 12.1 Å². The highest BCUT2D eigenvalue weighted by Crippen LogP contribution is 2.26. The fourth-order valence-electron chi connectivity index (χ4n) is 1.63. The first-order chi connectivity index (χ1) is 8.61. The topological polar surface area (TPSA) is 66.9 Å². The van der Waals surface area contributed by atoms with Crippen molar-refractivity contribution in [2.24, 2.45) is 5.73 Å². The molecule has 2 N–H and O–H groups in total. The number of rotatable bonds is 2. The largest absolute Gasteiger partial charge is 0.366 e. The standard InChI is InChI=1S/C14H9IN2O/c15-13-6-1-9(8-16)7-12(13)10-2-4-11(5-3-10)14(17)18/h1-7H,(H2,17,18). The van der Waals surface area contributed by atoms with Crippen molar-refractivity contribution < 1.29 is 4.79 Å². The maximum Gasteiger partial charge on any atom is 0.248 e. The number of nitrogens with zero attached hydrogens (tertiary/aromatic N) is 1. The molecule has 0 aliphatic rings. The van der Waals surface area contributed by atoms with Gasteiger partial charge in [-0.25, -0.2) is 0 Å². The van der Waals surface area contributed by atoms with Crippen molar-refractivity contribution >= 4 is 28.5 Å². The first-order valence-electron chi connectivity index (χ1n) is 5.21. The Morgan fingerprint density at radius 2 is 1.83 bits per heavy atom. The Kier molecular flexibility index (Phi) is 3.63. The average Bonchev–Trinajstić information content (AvgIpc) is 2.39. The maximum absolute atomic E-state index is 11.0. The fraction of sp³-hybridized carbons (Fsp3) is 0. The van der Waals surface area contributed by atoms with Gasteiger partial charge < -0.3 is 5.73 Å². The van der Waals surface area contributed by atoms with Gasteiger partial charge in [0.2, 0.25) is 5.91 Å². The molecule has 0 aromatic heterocycles. The van der Waals surface area contributed by atoms with Crippen LogP contribution >= 0.6 is 22.6 Å². The second-order valence-electron chi connectivity index (χ2n) is 3.75. The van der Waals surface area contributed by atoms with E-state index in [0.29, 0.717) is 11.1 Å². The van der Waals surface area contributed by atoms with Crippen molar-refractivity contribution in [3.05, 3.63) is 57.2 Å². The number of nitrogens with two attached hydrogens (primary N) is 1. The van der Waals surface area contributed by atoms with Gasteiger partial charge in [0.15, 0.2) is 0 Å². The van der Waals surface area contributed by atoms with Gasteiger partial charge in [0.25, 0.3) is 0 Å². The van der Waals surface area contributed by atoms with E-state index in [1.54, 1.807) is 18.2 Å². The number of halogens is 1. The Morgan fingerprint density at radius 3 is 2.39 bits per heavy atom. The summed E-state index contributed by atoms with van der Waals surface area (Å²) in [5.74, 6) is -0.443. The first-order valence-corrected chi connectivity index (χ1v) is 6.29. The SMILES string of the molecule is N#Cc1ccc(I)c(-c2ccc(C(N)=O)cc2)c1. The van der Waals surface area contributed by atoms with E-state index in [9.17, 15) is 4.79 Å². The van der Waals surface area contributed by atoms with Gasteiger partial charge in [-0.05, 0) is 64.0 Å². The van der Waals surface area contributed by atoms with E-state index in [1.807, 2.05) is 24.3 Å². The van der Waals surface area contributed by atoms with Crippen LogP contribution in [0.5, 0.6) is 0 Å². The van der Waals surface area contributed by atoms with Crippen LogP contribution in [0.4, 0.5) is 0 Å². The summed E-state index contributed by atoms with van der Waals surface area (Å²) in [5.41, 5.74) is 8.22. The van der Waals surface area contributed by atoms with Gasteiger partial charge in [0.05, 0.1) is 11.6 Å². The van der Waals surface area contributed by atoms with E-state index in [0.717, 1.165) is 14.7 Å². The summed E-state index contributed by atoms with van der Waals surface area (Å²) >= 11 is 2.22. The van der Waals surface area contributed by atoms with Gasteiger partial charge in [-0.3, -0.25) is 4.79 Å². The molecule has 2 aromatic carbocycles. The molecule has 0 spiro atoms. The molecule has 0 fully saturated rings. The summed E-state index contributed by atoms with van der Waals surface area (Å²) in [5, 5.41) is 8.90. The molecule has 2 rings (SSSR count). The molecular weight excluding hydrogens is 339 g/mol. The Morgan fingerprint density at radius 1 is 1.17 bits per heavy atom. The smallest absolute Gasteiger partial charge is 0.248 e. The maximum atomic E-state index is 11.0. The number of primary amides is 1. The third-order valence-corrected chi connectivity index (χ3v) is 3.52. The molecule has 0 saturated heterocycles. The van der Waals surface area contributed by atoms with Crippen molar-refractivity contribution in [3.8, 4) is 17.2 Å². The van der Waals surface area contributed by atoms with E-state index < -0.39 is 5.91 Å². The van der Waals surface area contributed by atoms with Crippen LogP contribution in [-0.2, 0) is 0 Å². The van der Waals surface area contributed by atoms with Gasteiger partial charge in [-0.2, -0.15) is 5.26 Å². The van der Waals surface area contributed by atoms with E-state index in [1.165, 1.54) is 0 Å². The van der Waals surface area contributed by atoms with Gasteiger partial charge in [0.1, 0.15) is 0 Å². The zero-order valence-corrected chi connectivity index (χ0v) is 11.5. The molecule has 0 radical (unpaired) electrons. The molecule has 0 bridgehead atoms. The van der Waals surface area contributed by atoms with Crippen molar-refractivity contribution in [3.63, 3.8) is 0 Å². The van der Waals surface area contributed by atoms with Gasteiger partial charge >= 0.3 is 0 Å². The van der Waals surface area contributed by atoms with Crippen LogP contribution in [0, 0.1) is 14.9 Å². The highest BCUT2D eigenvalue weighted by Gasteiger charge is 2.06. The van der Waals surface area contributed by atoms with Crippen LogP contribution in [0.3, 0.4) is 0 Å². The third kappa shape index (κ3) is 2.51. The molecule has 0 atom stereocenters. The van der Waals surface area contributed by atoms with Crippen LogP contribution in [0.25, 0.3) is 11.1 Å².